The predicted octanol–water partition coefficient (Wildman–Crippen LogP) is 3.70. The van der Waals surface area contributed by atoms with Crippen LogP contribution in [0, 0.1) is 0 Å². The van der Waals surface area contributed by atoms with Crippen LogP contribution in [0.25, 0.3) is 33.8 Å². The lowest BCUT2D eigenvalue weighted by Crippen LogP contribution is -1.99. The fraction of sp³-hybridized carbons (Fsp3) is 0.105. The van der Waals surface area contributed by atoms with Crippen LogP contribution < -0.4 is 5.73 Å². The Labute approximate surface area is 167 Å². The highest BCUT2D eigenvalue weighted by molar-refractivity contribution is 5.80. The van der Waals surface area contributed by atoms with Gasteiger partial charge in [-0.15, -0.1) is 10.2 Å². The summed E-state index contributed by atoms with van der Waals surface area (Å²) in [6, 6.07) is 9.09. The number of alkyl halides is 2. The third-order valence-corrected chi connectivity index (χ3v) is 4.38. The number of fused-ring (bicyclic) bond motifs is 1. The third-order valence-electron chi connectivity index (χ3n) is 4.38. The minimum Gasteiger partial charge on any atom is -0.424 e. The molecule has 4 heterocycles. The highest BCUT2D eigenvalue weighted by atomic mass is 19.3. The zero-order valence-electron chi connectivity index (χ0n) is 15.2. The Hall–Kier alpha value is -4.15. The van der Waals surface area contributed by atoms with Crippen molar-refractivity contribution < 1.29 is 17.6 Å². The summed E-state index contributed by atoms with van der Waals surface area (Å²) in [6.07, 6.45) is 2.27. The highest BCUT2D eigenvalue weighted by Gasteiger charge is 2.17. The molecule has 0 amide bonds. The zero-order valence-corrected chi connectivity index (χ0v) is 15.2. The molecule has 0 fully saturated rings. The number of pyridine rings is 1. The molecule has 2 N–H and O–H groups in total. The van der Waals surface area contributed by atoms with Crippen LogP contribution in [-0.2, 0) is 6.54 Å². The maximum absolute atomic E-state index is 12.6. The zero-order chi connectivity index (χ0) is 20.7. The van der Waals surface area contributed by atoms with E-state index in [4.69, 9.17) is 14.6 Å². The van der Waals surface area contributed by atoms with Crippen molar-refractivity contribution in [2.45, 2.75) is 13.0 Å². The number of oxazole rings is 1. The molecule has 4 aromatic heterocycles. The van der Waals surface area contributed by atoms with Crippen molar-refractivity contribution in [3.63, 3.8) is 0 Å². The predicted molar refractivity (Wildman–Crippen MR) is 101 cm³/mol. The van der Waals surface area contributed by atoms with Gasteiger partial charge in [0, 0.05) is 18.0 Å². The number of halogens is 2. The van der Waals surface area contributed by atoms with E-state index in [1.165, 1.54) is 6.20 Å². The summed E-state index contributed by atoms with van der Waals surface area (Å²) < 4.78 is 37.2. The molecule has 150 valence electrons. The largest absolute Gasteiger partial charge is 0.424 e. The summed E-state index contributed by atoms with van der Waals surface area (Å²) in [6.45, 7) is 0.471. The monoisotopic (exact) mass is 409 g/mol. The molecule has 0 radical (unpaired) electrons. The Morgan fingerprint density at radius 1 is 1.03 bits per heavy atom. The summed E-state index contributed by atoms with van der Waals surface area (Å²) in [5, 5.41) is 6.92. The van der Waals surface area contributed by atoms with E-state index in [0.29, 0.717) is 23.2 Å². The van der Waals surface area contributed by atoms with Gasteiger partial charge in [-0.05, 0) is 30.3 Å². The normalized spacial score (nSPS) is 11.6. The number of hydrogen-bond acceptors (Lipinski definition) is 8. The van der Waals surface area contributed by atoms with Crippen LogP contribution in [0.4, 0.5) is 14.8 Å². The molecular weight excluding hydrogens is 396 g/mol. The molecule has 5 aromatic rings. The van der Waals surface area contributed by atoms with Gasteiger partial charge in [-0.2, -0.15) is 13.8 Å². The second-order valence-corrected chi connectivity index (χ2v) is 6.45. The van der Waals surface area contributed by atoms with E-state index in [-0.39, 0.29) is 11.9 Å². The van der Waals surface area contributed by atoms with Crippen LogP contribution in [0.2, 0.25) is 0 Å². The summed E-state index contributed by atoms with van der Waals surface area (Å²) in [4.78, 5) is 12.9. The van der Waals surface area contributed by atoms with E-state index in [0.717, 1.165) is 17.0 Å². The van der Waals surface area contributed by atoms with Crippen LogP contribution in [0.3, 0.4) is 0 Å². The number of imidazole rings is 1. The molecule has 0 aliphatic rings. The first kappa shape index (κ1) is 17.9. The quantitative estimate of drug-likeness (QED) is 0.466. The molecule has 0 bridgehead atoms. The van der Waals surface area contributed by atoms with Crippen LogP contribution >= 0.6 is 0 Å². The van der Waals surface area contributed by atoms with E-state index >= 15 is 0 Å². The molecule has 0 unspecified atom stereocenters. The molecule has 30 heavy (non-hydrogen) atoms. The van der Waals surface area contributed by atoms with E-state index in [1.807, 2.05) is 22.9 Å². The third kappa shape index (κ3) is 3.36. The molecule has 0 saturated heterocycles. The summed E-state index contributed by atoms with van der Waals surface area (Å²) in [7, 11) is 0. The van der Waals surface area contributed by atoms with Gasteiger partial charge in [-0.25, -0.2) is 4.98 Å². The Balaban J connectivity index is 1.33. The van der Waals surface area contributed by atoms with E-state index < -0.39 is 12.3 Å². The molecule has 9 nitrogen and oxygen atoms in total. The first-order chi connectivity index (χ1) is 14.5. The number of nitrogens with two attached hydrogens (primary N) is 1. The van der Waals surface area contributed by atoms with Gasteiger partial charge in [-0.3, -0.25) is 4.98 Å². The fourth-order valence-corrected chi connectivity index (χ4v) is 2.97. The molecule has 0 atom stereocenters. The van der Waals surface area contributed by atoms with Crippen molar-refractivity contribution in [1.82, 2.24) is 29.7 Å². The van der Waals surface area contributed by atoms with Crippen LogP contribution in [0.15, 0.2) is 57.9 Å². The Bertz CT molecular complexity index is 1320. The van der Waals surface area contributed by atoms with Crippen LogP contribution in [0.5, 0.6) is 0 Å². The smallest absolute Gasteiger partial charge is 0.314 e. The topological polar surface area (TPSA) is 122 Å². The summed E-state index contributed by atoms with van der Waals surface area (Å²) >= 11 is 0. The lowest BCUT2D eigenvalue weighted by molar-refractivity contribution is 0.116. The van der Waals surface area contributed by atoms with Gasteiger partial charge in [0.15, 0.2) is 5.58 Å². The first-order valence-electron chi connectivity index (χ1n) is 8.80. The second kappa shape index (κ2) is 7.03. The lowest BCUT2D eigenvalue weighted by Gasteiger charge is -2.02. The Morgan fingerprint density at radius 2 is 1.90 bits per heavy atom. The van der Waals surface area contributed by atoms with Gasteiger partial charge >= 0.3 is 6.43 Å². The number of nitrogens with zero attached hydrogens (tertiary/aromatic N) is 6. The van der Waals surface area contributed by atoms with E-state index in [2.05, 4.69) is 25.1 Å². The SMILES string of the molecule is Nc1nc2cc(-c3cn(Cc4ccc(-c5nnc(C(F)F)o5)cn4)cn3)ccc2o1. The molecule has 0 saturated carbocycles. The number of nitrogen functional groups attached to an aromatic ring is 1. The average molecular weight is 409 g/mol. The Kier molecular flexibility index (Phi) is 4.20. The lowest BCUT2D eigenvalue weighted by atomic mass is 10.1. The first-order valence-corrected chi connectivity index (χ1v) is 8.80. The number of aromatic nitrogens is 6. The second-order valence-electron chi connectivity index (χ2n) is 6.45. The van der Waals surface area contributed by atoms with Crippen LogP contribution in [-0.4, -0.2) is 29.7 Å². The number of benzene rings is 1. The van der Waals surface area contributed by atoms with Gasteiger partial charge in [0.05, 0.1) is 29.8 Å². The van der Waals surface area contributed by atoms with Crippen molar-refractivity contribution in [2.75, 3.05) is 5.73 Å². The van der Waals surface area contributed by atoms with Crippen molar-refractivity contribution in [3.05, 3.63) is 60.6 Å². The van der Waals surface area contributed by atoms with Gasteiger partial charge in [0.2, 0.25) is 5.89 Å². The van der Waals surface area contributed by atoms with Crippen molar-refractivity contribution in [1.29, 1.82) is 0 Å². The molecule has 0 aliphatic heterocycles. The van der Waals surface area contributed by atoms with E-state index in [1.54, 1.807) is 24.5 Å². The minimum absolute atomic E-state index is 0.00171. The molecule has 5 rings (SSSR count). The highest BCUT2D eigenvalue weighted by Crippen LogP contribution is 2.25. The number of rotatable bonds is 5. The van der Waals surface area contributed by atoms with Gasteiger partial charge < -0.3 is 19.1 Å². The average Bonchev–Trinajstić information content (AvgIpc) is 3.47. The van der Waals surface area contributed by atoms with Gasteiger partial charge in [0.25, 0.3) is 11.9 Å². The Morgan fingerprint density at radius 3 is 2.67 bits per heavy atom. The maximum Gasteiger partial charge on any atom is 0.314 e. The minimum atomic E-state index is -2.81. The van der Waals surface area contributed by atoms with E-state index in [9.17, 15) is 8.78 Å². The molecule has 0 aliphatic carbocycles. The van der Waals surface area contributed by atoms with Gasteiger partial charge in [-0.1, -0.05) is 0 Å². The maximum atomic E-state index is 12.6. The van der Waals surface area contributed by atoms with Gasteiger partial charge in [0.1, 0.15) is 5.52 Å². The van der Waals surface area contributed by atoms with Crippen molar-refractivity contribution in [2.24, 2.45) is 0 Å². The van der Waals surface area contributed by atoms with Crippen molar-refractivity contribution >= 4 is 17.1 Å². The number of hydrogen-bond donors (Lipinski definition) is 1. The molecule has 1 aromatic carbocycles. The standard InChI is InChI=1S/C19H13F2N7O2/c20-16(21)18-27-26-17(30-18)11-1-3-12(23-6-11)7-28-8-14(24-9-28)10-2-4-15-13(5-10)25-19(22)29-15/h1-6,8-9,16H,7H2,(H2,22,25). The fourth-order valence-electron chi connectivity index (χ4n) is 2.97. The summed E-state index contributed by atoms with van der Waals surface area (Å²) in [5.74, 6) is -0.718. The molecule has 0 spiro atoms. The summed E-state index contributed by atoms with van der Waals surface area (Å²) in [5.41, 5.74) is 9.71. The number of anilines is 1. The van der Waals surface area contributed by atoms with Crippen LogP contribution in [0.1, 0.15) is 18.0 Å². The molecular formula is C19H13F2N7O2. The van der Waals surface area contributed by atoms with Crippen molar-refractivity contribution in [3.8, 4) is 22.7 Å². The molecule has 11 heteroatoms.